The molecular weight excluding hydrogens is 619 g/mol. The Hall–Kier alpha value is -3.68. The van der Waals surface area contributed by atoms with Crippen LogP contribution in [0.4, 0.5) is 4.79 Å². The topological polar surface area (TPSA) is 93.2 Å². The molecule has 4 aromatic rings. The number of benzene rings is 3. The molecule has 2 aliphatic rings. The molecule has 0 spiro atoms. The summed E-state index contributed by atoms with van der Waals surface area (Å²) in [6.45, 7) is 2.85. The first-order valence-corrected chi connectivity index (χ1v) is 18.3. The summed E-state index contributed by atoms with van der Waals surface area (Å²) in [5.74, 6) is -0.260. The van der Waals surface area contributed by atoms with E-state index in [1.807, 2.05) is 59.5 Å². The summed E-state index contributed by atoms with van der Waals surface area (Å²) in [5, 5.41) is -0.166. The van der Waals surface area contributed by atoms with E-state index in [0.717, 1.165) is 15.9 Å². The number of aryl methyl sites for hydroxylation is 1. The first-order valence-electron chi connectivity index (χ1n) is 14.0. The Morgan fingerprint density at radius 2 is 1.40 bits per heavy atom. The van der Waals surface area contributed by atoms with Gasteiger partial charge in [0.05, 0.1) is 0 Å². The van der Waals surface area contributed by atoms with Crippen molar-refractivity contribution in [2.45, 2.75) is 38.1 Å². The molecule has 2 aliphatic heterocycles. The first-order chi connectivity index (χ1) is 20.3. The Morgan fingerprint density at radius 1 is 0.857 bits per heavy atom. The van der Waals surface area contributed by atoms with Crippen molar-refractivity contribution in [3.8, 4) is 0 Å². The minimum atomic E-state index is -3.50. The Morgan fingerprint density at radius 3 is 1.90 bits per heavy atom. The fraction of sp³-hybridized carbons (Fsp3) is 0.281. The van der Waals surface area contributed by atoms with Crippen LogP contribution in [-0.2, 0) is 16.1 Å². The van der Waals surface area contributed by atoms with E-state index >= 15 is 0 Å². The number of nitrogens with zero attached hydrogens (tertiary/aromatic N) is 2. The van der Waals surface area contributed by atoms with Crippen LogP contribution in [-0.4, -0.2) is 53.1 Å². The number of hydrogen-bond donors (Lipinski definition) is 0. The van der Waals surface area contributed by atoms with Gasteiger partial charge >= 0.3 is 248 Å². The summed E-state index contributed by atoms with van der Waals surface area (Å²) in [4.78, 5) is 42.4. The number of hydrogen-bond acceptors (Lipinski definition) is 6. The van der Waals surface area contributed by atoms with E-state index in [1.165, 1.54) is 0 Å². The zero-order chi connectivity index (χ0) is 29.3. The van der Waals surface area contributed by atoms with E-state index in [9.17, 15) is 14.4 Å². The van der Waals surface area contributed by atoms with Crippen molar-refractivity contribution in [1.29, 1.82) is 0 Å². The molecule has 1 aromatic heterocycles. The van der Waals surface area contributed by atoms with Gasteiger partial charge < -0.3 is 0 Å². The third-order valence-electron chi connectivity index (χ3n) is 8.60. The molecule has 0 N–H and O–H groups in total. The molecule has 218 valence electrons. The summed E-state index contributed by atoms with van der Waals surface area (Å²) in [7, 11) is 0. The number of halogens is 1. The predicted molar refractivity (Wildman–Crippen MR) is 166 cm³/mol. The van der Waals surface area contributed by atoms with Crippen LogP contribution >= 0.6 is 20.8 Å². The SMILES string of the molecule is Cc1oc(=O)oc1COC(=O)N1CC[C@@H](N2CC[C@H](P(Br)(c3ccccc3)(c3ccccc3)c3ccccc3)C2=O)C1. The zero-order valence-corrected chi connectivity index (χ0v) is 25.7. The second kappa shape index (κ2) is 11.2. The minimum absolute atomic E-state index is 0.0946. The second-order valence-corrected chi connectivity index (χ2v) is 19.5. The molecule has 6 rings (SSSR count). The van der Waals surface area contributed by atoms with Crippen LogP contribution < -0.4 is 21.7 Å². The van der Waals surface area contributed by atoms with Gasteiger partial charge in [-0.15, -0.1) is 0 Å². The van der Waals surface area contributed by atoms with Crippen LogP contribution in [0.15, 0.2) is 105 Å². The molecule has 0 saturated carbocycles. The number of carbonyl (C=O) groups excluding carboxylic acids is 2. The van der Waals surface area contributed by atoms with Gasteiger partial charge in [0, 0.05) is 0 Å². The van der Waals surface area contributed by atoms with Gasteiger partial charge in [-0.05, 0) is 0 Å². The summed E-state index contributed by atoms with van der Waals surface area (Å²) in [6, 6.07) is 31.0. The van der Waals surface area contributed by atoms with E-state index in [4.69, 9.17) is 13.6 Å². The van der Waals surface area contributed by atoms with Crippen LogP contribution in [0.25, 0.3) is 0 Å². The van der Waals surface area contributed by atoms with Crippen molar-refractivity contribution < 1.29 is 23.2 Å². The monoisotopic (exact) mass is 650 g/mol. The van der Waals surface area contributed by atoms with Gasteiger partial charge in [-0.25, -0.2) is 4.79 Å². The van der Waals surface area contributed by atoms with Gasteiger partial charge in [0.1, 0.15) is 0 Å². The van der Waals surface area contributed by atoms with E-state index in [1.54, 1.807) is 11.8 Å². The Kier molecular flexibility index (Phi) is 7.58. The van der Waals surface area contributed by atoms with Crippen LogP contribution in [0.2, 0.25) is 0 Å². The average molecular weight is 651 g/mol. The molecule has 10 heteroatoms. The molecule has 0 aliphatic carbocycles. The molecule has 0 unspecified atom stereocenters. The van der Waals surface area contributed by atoms with Crippen molar-refractivity contribution in [3.63, 3.8) is 0 Å². The third kappa shape index (κ3) is 4.59. The van der Waals surface area contributed by atoms with Gasteiger partial charge in [-0.2, -0.15) is 0 Å². The third-order valence-corrected chi connectivity index (χ3v) is 19.3. The summed E-state index contributed by atoms with van der Waals surface area (Å²) >= 11 is 4.47. The van der Waals surface area contributed by atoms with Crippen LogP contribution in [0.1, 0.15) is 24.4 Å². The van der Waals surface area contributed by atoms with Gasteiger partial charge in [-0.3, -0.25) is 0 Å². The van der Waals surface area contributed by atoms with Crippen molar-refractivity contribution in [1.82, 2.24) is 9.80 Å². The van der Waals surface area contributed by atoms with Gasteiger partial charge in [0.25, 0.3) is 0 Å². The van der Waals surface area contributed by atoms with Gasteiger partial charge in [0.2, 0.25) is 0 Å². The maximum atomic E-state index is 14.6. The fourth-order valence-electron chi connectivity index (χ4n) is 6.53. The molecule has 2 atom stereocenters. The molecule has 3 heterocycles. The molecule has 8 nitrogen and oxygen atoms in total. The number of rotatable bonds is 7. The Labute approximate surface area is 251 Å². The van der Waals surface area contributed by atoms with Crippen LogP contribution in [0.5, 0.6) is 0 Å². The van der Waals surface area contributed by atoms with Crippen LogP contribution in [0, 0.1) is 6.92 Å². The van der Waals surface area contributed by atoms with Crippen molar-refractivity contribution in [2.24, 2.45) is 0 Å². The number of amides is 2. The molecule has 0 bridgehead atoms. The number of carbonyl (C=O) groups is 2. The van der Waals surface area contributed by atoms with E-state index in [0.29, 0.717) is 32.5 Å². The molecule has 2 saturated heterocycles. The van der Waals surface area contributed by atoms with Crippen molar-refractivity contribution in [3.05, 3.63) is 113 Å². The molecule has 2 amide bonds. The van der Waals surface area contributed by atoms with Crippen molar-refractivity contribution >= 4 is 48.7 Å². The van der Waals surface area contributed by atoms with E-state index in [-0.39, 0.29) is 35.7 Å². The summed E-state index contributed by atoms with van der Waals surface area (Å²) in [5.41, 5.74) is -0.323. The standard InChI is InChI=1S/C32H32BrN2O6P/c1-23-28(41-32(38)40-23)22-39-31(37)34-19-17-24(21-34)35-20-18-29(30(35)36)42(33,25-11-5-2-6-12-25,26-13-7-3-8-14-26)27-15-9-4-10-16-27/h2-16,24,29H,17-22H2,1H3/t24-,29+/m1/s1. The summed E-state index contributed by atoms with van der Waals surface area (Å²) < 4.78 is 15.2. The molecule has 0 radical (unpaired) electrons. The normalized spacial score (nSPS) is 20.0. The second-order valence-electron chi connectivity index (χ2n) is 10.8. The number of ether oxygens (including phenoxy) is 1. The van der Waals surface area contributed by atoms with Crippen LogP contribution in [0.3, 0.4) is 0 Å². The quantitative estimate of drug-likeness (QED) is 0.270. The summed E-state index contributed by atoms with van der Waals surface area (Å²) in [6.07, 6.45) is 0.829. The Balaban J connectivity index is 1.30. The van der Waals surface area contributed by atoms with E-state index < -0.39 is 17.2 Å². The van der Waals surface area contributed by atoms with Crippen molar-refractivity contribution in [2.75, 3.05) is 19.6 Å². The van der Waals surface area contributed by atoms with Gasteiger partial charge in [0.15, 0.2) is 0 Å². The van der Waals surface area contributed by atoms with Gasteiger partial charge in [-0.1, -0.05) is 0 Å². The average Bonchev–Trinajstić information content (AvgIpc) is 3.75. The van der Waals surface area contributed by atoms with E-state index in [2.05, 4.69) is 51.9 Å². The fourth-order valence-corrected chi connectivity index (χ4v) is 15.2. The molecule has 2 fully saturated rings. The first kappa shape index (κ1) is 28.4. The number of likely N-dealkylation sites (tertiary alicyclic amines) is 2. The molecule has 42 heavy (non-hydrogen) atoms. The Bertz CT molecular complexity index is 1540. The maximum absolute atomic E-state index is 14.6. The predicted octanol–water partition coefficient (Wildman–Crippen LogP) is 4.69. The zero-order valence-electron chi connectivity index (χ0n) is 23.2. The molecule has 3 aromatic carbocycles. The molecular formula is C32H32BrN2O6P.